The average Bonchev–Trinajstić information content (AvgIpc) is 3.21. The van der Waals surface area contributed by atoms with Crippen molar-refractivity contribution in [2.24, 2.45) is 0 Å². The monoisotopic (exact) mass is 535 g/mol. The average molecular weight is 536 g/mol. The number of nitrogens with one attached hydrogen (secondary N) is 2. The van der Waals surface area contributed by atoms with Gasteiger partial charge in [0.2, 0.25) is 0 Å². The van der Waals surface area contributed by atoms with Crippen LogP contribution in [0.2, 0.25) is 0 Å². The van der Waals surface area contributed by atoms with Crippen molar-refractivity contribution in [3.05, 3.63) is 40.8 Å². The topological polar surface area (TPSA) is 115 Å². The normalized spacial score (nSPS) is 15.5. The Bertz CT molecular complexity index is 1240. The summed E-state index contributed by atoms with van der Waals surface area (Å²) in [6.45, 7) is 6.65. The minimum absolute atomic E-state index is 0.0492. The molecule has 0 amide bonds. The highest BCUT2D eigenvalue weighted by Crippen LogP contribution is 2.40. The molecule has 1 atom stereocenters. The van der Waals surface area contributed by atoms with Crippen LogP contribution in [0, 0.1) is 20.8 Å². The first-order chi connectivity index (χ1) is 18.1. The summed E-state index contributed by atoms with van der Waals surface area (Å²) in [5.74, 6) is 0.971. The Morgan fingerprint density at radius 2 is 1.89 bits per heavy atom. The van der Waals surface area contributed by atoms with Crippen LogP contribution in [0.15, 0.2) is 22.7 Å². The van der Waals surface area contributed by atoms with E-state index in [0.29, 0.717) is 47.3 Å². The van der Waals surface area contributed by atoms with Gasteiger partial charge < -0.3 is 29.7 Å². The number of aromatic nitrogens is 3. The van der Waals surface area contributed by atoms with E-state index >= 15 is 0 Å². The second kappa shape index (κ2) is 11.7. The van der Waals surface area contributed by atoms with Crippen LogP contribution in [0.5, 0.6) is 5.75 Å². The predicted octanol–water partition coefficient (Wildman–Crippen LogP) is 4.29. The molecule has 4 rings (SSSR count). The van der Waals surface area contributed by atoms with Gasteiger partial charge in [0.05, 0.1) is 22.5 Å². The number of nitrogens with zero attached hydrogens (tertiary/aromatic N) is 3. The highest BCUT2D eigenvalue weighted by molar-refractivity contribution is 5.75. The van der Waals surface area contributed by atoms with E-state index in [1.807, 2.05) is 6.92 Å². The maximum Gasteiger partial charge on any atom is 0.417 e. The smallest absolute Gasteiger partial charge is 0.417 e. The highest BCUT2D eigenvalue weighted by Gasteiger charge is 2.35. The third kappa shape index (κ3) is 6.25. The Labute approximate surface area is 218 Å². The standard InChI is InChI=1S/C26H32F3N5O4/c1-14-23(22-15(2)34-38-16(22)3)32-25(33-24(14)31-17-7-9-36-10-8-17)20-11-19(37-13-18(35)12-30-4)5-6-21(20)26(27,28)29/h5-6,11,17-18,30,35H,7-10,12-13H2,1-4H3,(H,31,32,33). The molecule has 206 valence electrons. The Balaban J connectivity index is 1.85. The number of alkyl halides is 3. The lowest BCUT2D eigenvalue weighted by atomic mass is 10.0. The maximum atomic E-state index is 14.1. The molecule has 3 N–H and O–H groups in total. The van der Waals surface area contributed by atoms with Gasteiger partial charge >= 0.3 is 6.18 Å². The van der Waals surface area contributed by atoms with Crippen molar-refractivity contribution in [1.82, 2.24) is 20.4 Å². The van der Waals surface area contributed by atoms with Gasteiger partial charge in [0.15, 0.2) is 5.82 Å². The molecule has 1 aliphatic rings. The lowest BCUT2D eigenvalue weighted by molar-refractivity contribution is -0.137. The fourth-order valence-electron chi connectivity index (χ4n) is 4.41. The van der Waals surface area contributed by atoms with E-state index in [4.69, 9.17) is 14.0 Å². The summed E-state index contributed by atoms with van der Waals surface area (Å²) < 4.78 is 58.8. The van der Waals surface area contributed by atoms with E-state index in [9.17, 15) is 18.3 Å². The van der Waals surface area contributed by atoms with Gasteiger partial charge in [-0.2, -0.15) is 13.2 Å². The van der Waals surface area contributed by atoms with E-state index in [1.54, 1.807) is 20.9 Å². The van der Waals surface area contributed by atoms with Crippen molar-refractivity contribution in [2.75, 3.05) is 38.7 Å². The molecular weight excluding hydrogens is 503 g/mol. The number of benzene rings is 1. The van der Waals surface area contributed by atoms with Gasteiger partial charge in [-0.3, -0.25) is 0 Å². The second-order valence-corrected chi connectivity index (χ2v) is 9.33. The van der Waals surface area contributed by atoms with Crippen LogP contribution in [0.4, 0.5) is 19.0 Å². The molecule has 9 nitrogen and oxygen atoms in total. The Hall–Kier alpha value is -3.22. The van der Waals surface area contributed by atoms with Gasteiger partial charge in [0, 0.05) is 36.9 Å². The first-order valence-corrected chi connectivity index (χ1v) is 12.4. The van der Waals surface area contributed by atoms with Gasteiger partial charge in [-0.1, -0.05) is 5.16 Å². The highest BCUT2D eigenvalue weighted by atomic mass is 19.4. The van der Waals surface area contributed by atoms with Crippen molar-refractivity contribution >= 4 is 5.82 Å². The number of aryl methyl sites for hydroxylation is 2. The van der Waals surface area contributed by atoms with E-state index in [2.05, 4.69) is 25.8 Å². The van der Waals surface area contributed by atoms with E-state index in [0.717, 1.165) is 18.9 Å². The molecule has 1 fully saturated rings. The van der Waals surface area contributed by atoms with Crippen LogP contribution in [-0.2, 0) is 10.9 Å². The van der Waals surface area contributed by atoms with Crippen LogP contribution in [0.3, 0.4) is 0 Å². The van der Waals surface area contributed by atoms with Gasteiger partial charge in [-0.25, -0.2) is 9.97 Å². The number of hydrogen-bond donors (Lipinski definition) is 3. The van der Waals surface area contributed by atoms with Gasteiger partial charge in [-0.15, -0.1) is 0 Å². The second-order valence-electron chi connectivity index (χ2n) is 9.33. The molecule has 3 aromatic rings. The zero-order chi connectivity index (χ0) is 27.4. The number of rotatable bonds is 9. The van der Waals surface area contributed by atoms with Crippen LogP contribution in [0.1, 0.15) is 35.4 Å². The fraction of sp³-hybridized carbons (Fsp3) is 0.500. The maximum absolute atomic E-state index is 14.1. The van der Waals surface area contributed by atoms with Crippen LogP contribution in [0.25, 0.3) is 22.6 Å². The van der Waals surface area contributed by atoms with Crippen molar-refractivity contribution in [2.45, 2.75) is 51.9 Å². The first kappa shape index (κ1) is 27.8. The Morgan fingerprint density at radius 3 is 2.53 bits per heavy atom. The number of anilines is 1. The summed E-state index contributed by atoms with van der Waals surface area (Å²) in [4.78, 5) is 9.19. The fourth-order valence-corrected chi connectivity index (χ4v) is 4.41. The minimum atomic E-state index is -4.66. The third-order valence-corrected chi connectivity index (χ3v) is 6.40. The lowest BCUT2D eigenvalue weighted by Crippen LogP contribution is -2.29. The molecule has 0 radical (unpaired) electrons. The zero-order valence-corrected chi connectivity index (χ0v) is 21.8. The number of aliphatic hydroxyl groups excluding tert-OH is 1. The molecular formula is C26H32F3N5O4. The van der Waals surface area contributed by atoms with Crippen LogP contribution < -0.4 is 15.4 Å². The number of likely N-dealkylation sites (N-methyl/N-ethyl adjacent to an activating group) is 1. The van der Waals surface area contributed by atoms with Crippen molar-refractivity contribution in [3.63, 3.8) is 0 Å². The molecule has 1 aliphatic heterocycles. The summed E-state index contributed by atoms with van der Waals surface area (Å²) in [6.07, 6.45) is -4.01. The van der Waals surface area contributed by atoms with Crippen LogP contribution >= 0.6 is 0 Å². The zero-order valence-electron chi connectivity index (χ0n) is 21.8. The lowest BCUT2D eigenvalue weighted by Gasteiger charge is -2.25. The Morgan fingerprint density at radius 1 is 1.16 bits per heavy atom. The van der Waals surface area contributed by atoms with E-state index < -0.39 is 17.8 Å². The SMILES string of the molecule is CNCC(O)COc1ccc(C(F)(F)F)c(-c2nc(NC3CCOCC3)c(C)c(-c3c(C)noc3C)n2)c1. The molecule has 1 unspecified atom stereocenters. The summed E-state index contributed by atoms with van der Waals surface area (Å²) >= 11 is 0. The van der Waals surface area contributed by atoms with Gasteiger partial charge in [0.1, 0.15) is 30.0 Å². The predicted molar refractivity (Wildman–Crippen MR) is 135 cm³/mol. The number of hydrogen-bond acceptors (Lipinski definition) is 9. The van der Waals surface area contributed by atoms with E-state index in [-0.39, 0.29) is 36.3 Å². The number of ether oxygens (including phenoxy) is 2. The summed E-state index contributed by atoms with van der Waals surface area (Å²) in [5, 5.41) is 20.2. The Kier molecular flexibility index (Phi) is 8.54. The summed E-state index contributed by atoms with van der Waals surface area (Å²) in [5.41, 5.74) is 1.15. The third-order valence-electron chi connectivity index (χ3n) is 6.40. The molecule has 1 aromatic carbocycles. The van der Waals surface area contributed by atoms with Crippen molar-refractivity contribution in [3.8, 4) is 28.4 Å². The molecule has 0 aliphatic carbocycles. The molecule has 0 saturated carbocycles. The largest absolute Gasteiger partial charge is 0.491 e. The molecule has 2 aromatic heterocycles. The van der Waals surface area contributed by atoms with Crippen molar-refractivity contribution in [1.29, 1.82) is 0 Å². The molecule has 0 spiro atoms. The van der Waals surface area contributed by atoms with E-state index in [1.165, 1.54) is 12.1 Å². The minimum Gasteiger partial charge on any atom is -0.491 e. The first-order valence-electron chi connectivity index (χ1n) is 12.4. The molecule has 12 heteroatoms. The van der Waals surface area contributed by atoms with Gasteiger partial charge in [0.25, 0.3) is 0 Å². The molecule has 38 heavy (non-hydrogen) atoms. The number of aliphatic hydroxyl groups is 1. The van der Waals surface area contributed by atoms with Gasteiger partial charge in [-0.05, 0) is 58.9 Å². The summed E-state index contributed by atoms with van der Waals surface area (Å²) in [7, 11) is 1.68. The van der Waals surface area contributed by atoms with Crippen LogP contribution in [-0.4, -0.2) is 65.8 Å². The molecule has 0 bridgehead atoms. The van der Waals surface area contributed by atoms with Crippen molar-refractivity contribution < 1.29 is 32.3 Å². The quantitative estimate of drug-likeness (QED) is 0.369. The number of halogens is 3. The molecule has 3 heterocycles. The summed E-state index contributed by atoms with van der Waals surface area (Å²) in [6, 6.07) is 3.48. The molecule has 1 saturated heterocycles.